The zero-order chi connectivity index (χ0) is 14.7. The molecular weight excluding hydrogens is 276 g/mol. The van der Waals surface area contributed by atoms with E-state index < -0.39 is 0 Å². The highest BCUT2D eigenvalue weighted by Crippen LogP contribution is 2.20. The minimum absolute atomic E-state index is 0.0754. The first-order valence-corrected chi connectivity index (χ1v) is 6.83. The van der Waals surface area contributed by atoms with E-state index in [-0.39, 0.29) is 24.4 Å². The fourth-order valence-corrected chi connectivity index (χ4v) is 2.28. The average Bonchev–Trinajstić information content (AvgIpc) is 2.75. The van der Waals surface area contributed by atoms with Crippen molar-refractivity contribution in [2.75, 3.05) is 0 Å². The monoisotopic (exact) mass is 290 g/mol. The lowest BCUT2D eigenvalue weighted by molar-refractivity contribution is -0.122. The molecular formula is C14H15ClN4O. The number of hydrogen-bond acceptors (Lipinski definition) is 3. The molecule has 1 aromatic heterocycles. The number of nitriles is 1. The summed E-state index contributed by atoms with van der Waals surface area (Å²) in [5, 5.41) is 11.9. The highest BCUT2D eigenvalue weighted by Gasteiger charge is 2.15. The van der Waals surface area contributed by atoms with Gasteiger partial charge >= 0.3 is 0 Å². The van der Waals surface area contributed by atoms with E-state index in [4.69, 9.17) is 16.9 Å². The van der Waals surface area contributed by atoms with Crippen LogP contribution in [-0.2, 0) is 17.2 Å². The molecule has 0 bridgehead atoms. The quantitative estimate of drug-likeness (QED) is 0.877. The number of para-hydroxylation sites is 1. The second-order valence-corrected chi connectivity index (χ2v) is 5.02. The lowest BCUT2D eigenvalue weighted by Crippen LogP contribution is -2.33. The van der Waals surface area contributed by atoms with E-state index in [1.54, 1.807) is 16.7 Å². The summed E-state index contributed by atoms with van der Waals surface area (Å²) < 4.78 is 1.75. The molecule has 0 saturated heterocycles. The fourth-order valence-electron chi connectivity index (χ4n) is 2.07. The van der Waals surface area contributed by atoms with Crippen LogP contribution in [0.1, 0.15) is 25.2 Å². The molecule has 2 rings (SSSR count). The van der Waals surface area contributed by atoms with Gasteiger partial charge in [-0.15, -0.1) is 11.6 Å². The molecule has 1 N–H and O–H groups in total. The summed E-state index contributed by atoms with van der Waals surface area (Å²) in [6.07, 6.45) is 0. The van der Waals surface area contributed by atoms with E-state index in [2.05, 4.69) is 16.4 Å². The number of nitrogens with one attached hydrogen (secondary N) is 1. The Morgan fingerprint density at radius 2 is 2.30 bits per heavy atom. The number of aromatic nitrogens is 2. The van der Waals surface area contributed by atoms with E-state index in [1.807, 2.05) is 19.9 Å². The summed E-state index contributed by atoms with van der Waals surface area (Å²) in [7, 11) is 0. The lowest BCUT2D eigenvalue weighted by atomic mass is 10.2. The van der Waals surface area contributed by atoms with Crippen molar-refractivity contribution in [2.45, 2.75) is 32.3 Å². The third-order valence-corrected chi connectivity index (χ3v) is 3.09. The van der Waals surface area contributed by atoms with Crippen molar-refractivity contribution in [3.63, 3.8) is 0 Å². The first kappa shape index (κ1) is 14.4. The highest BCUT2D eigenvalue weighted by atomic mass is 35.5. The standard InChI is InChI=1S/C14H15ClN4O/c1-9(2)17-13(20)8-19-11-5-3-4-10(7-16)14(11)18-12(19)6-15/h3-5,9H,6,8H2,1-2H3,(H,17,20). The van der Waals surface area contributed by atoms with Crippen LogP contribution in [0.5, 0.6) is 0 Å². The van der Waals surface area contributed by atoms with Gasteiger partial charge in [-0.1, -0.05) is 6.07 Å². The Hall–Kier alpha value is -2.06. The number of carbonyl (C=O) groups excluding carboxylic acids is 1. The number of hydrogen-bond donors (Lipinski definition) is 1. The molecule has 0 atom stereocenters. The summed E-state index contributed by atoms with van der Waals surface area (Å²) in [6.45, 7) is 3.95. The summed E-state index contributed by atoms with van der Waals surface area (Å²) in [5.74, 6) is 0.672. The van der Waals surface area contributed by atoms with Crippen molar-refractivity contribution < 1.29 is 4.79 Å². The zero-order valence-corrected chi connectivity index (χ0v) is 12.1. The first-order chi connectivity index (χ1) is 9.56. The minimum atomic E-state index is -0.104. The molecule has 0 saturated carbocycles. The third-order valence-electron chi connectivity index (χ3n) is 2.85. The number of benzene rings is 1. The van der Waals surface area contributed by atoms with Crippen molar-refractivity contribution >= 4 is 28.5 Å². The highest BCUT2D eigenvalue weighted by molar-refractivity contribution is 6.17. The van der Waals surface area contributed by atoms with Gasteiger partial charge in [0.15, 0.2) is 0 Å². The van der Waals surface area contributed by atoms with E-state index in [1.165, 1.54) is 0 Å². The molecule has 1 aromatic carbocycles. The van der Waals surface area contributed by atoms with Gasteiger partial charge in [0.25, 0.3) is 0 Å². The van der Waals surface area contributed by atoms with Crippen LogP contribution >= 0.6 is 11.6 Å². The summed E-state index contributed by atoms with van der Waals surface area (Å²) in [4.78, 5) is 16.3. The molecule has 0 fully saturated rings. The Morgan fingerprint density at radius 1 is 1.55 bits per heavy atom. The van der Waals surface area contributed by atoms with Gasteiger partial charge in [0.1, 0.15) is 24.0 Å². The Bertz CT molecular complexity index is 684. The number of carbonyl (C=O) groups is 1. The predicted octanol–water partition coefficient (Wildman–Crippen LogP) is 2.17. The van der Waals surface area contributed by atoms with Crippen LogP contribution in [0.4, 0.5) is 0 Å². The summed E-state index contributed by atoms with van der Waals surface area (Å²) in [6, 6.07) is 7.49. The first-order valence-electron chi connectivity index (χ1n) is 6.30. The number of amides is 1. The topological polar surface area (TPSA) is 70.7 Å². The van der Waals surface area contributed by atoms with Crippen molar-refractivity contribution in [1.29, 1.82) is 5.26 Å². The average molecular weight is 291 g/mol. The number of fused-ring (bicyclic) bond motifs is 1. The Balaban J connectivity index is 2.47. The molecule has 1 heterocycles. The Kier molecular flexibility index (Phi) is 4.26. The third kappa shape index (κ3) is 2.75. The van der Waals surface area contributed by atoms with Gasteiger partial charge in [-0.2, -0.15) is 5.26 Å². The van der Waals surface area contributed by atoms with Crippen LogP contribution in [0.15, 0.2) is 18.2 Å². The van der Waals surface area contributed by atoms with E-state index in [0.717, 1.165) is 5.52 Å². The van der Waals surface area contributed by atoms with E-state index in [9.17, 15) is 4.79 Å². The number of halogens is 1. The SMILES string of the molecule is CC(C)NC(=O)Cn1c(CCl)nc2c(C#N)cccc21. The van der Waals surface area contributed by atoms with Gasteiger partial charge in [0.2, 0.25) is 5.91 Å². The largest absolute Gasteiger partial charge is 0.352 e. The fraction of sp³-hybridized carbons (Fsp3) is 0.357. The Morgan fingerprint density at radius 3 is 2.90 bits per heavy atom. The molecule has 2 aromatic rings. The van der Waals surface area contributed by atoms with Crippen LogP contribution in [0.2, 0.25) is 0 Å². The Labute approximate surface area is 122 Å². The van der Waals surface area contributed by atoms with E-state index >= 15 is 0 Å². The zero-order valence-electron chi connectivity index (χ0n) is 11.4. The number of nitrogens with zero attached hydrogens (tertiary/aromatic N) is 3. The smallest absolute Gasteiger partial charge is 0.240 e. The van der Waals surface area contributed by atoms with Crippen molar-refractivity contribution in [3.05, 3.63) is 29.6 Å². The van der Waals surface area contributed by atoms with Gasteiger partial charge in [0.05, 0.1) is 17.0 Å². The van der Waals surface area contributed by atoms with Crippen LogP contribution in [0, 0.1) is 11.3 Å². The number of rotatable bonds is 4. The van der Waals surface area contributed by atoms with E-state index in [0.29, 0.717) is 16.9 Å². The number of imidazole rings is 1. The summed E-state index contributed by atoms with van der Waals surface area (Å²) in [5.41, 5.74) is 1.82. The second-order valence-electron chi connectivity index (χ2n) is 4.76. The molecule has 20 heavy (non-hydrogen) atoms. The maximum absolute atomic E-state index is 11.9. The molecule has 0 aliphatic rings. The normalized spacial score (nSPS) is 10.8. The van der Waals surface area contributed by atoms with Crippen molar-refractivity contribution in [1.82, 2.24) is 14.9 Å². The van der Waals surface area contributed by atoms with Crippen LogP contribution in [0.3, 0.4) is 0 Å². The molecule has 104 valence electrons. The number of alkyl halides is 1. The van der Waals surface area contributed by atoms with Crippen LogP contribution < -0.4 is 5.32 Å². The van der Waals surface area contributed by atoms with Gasteiger partial charge < -0.3 is 9.88 Å². The van der Waals surface area contributed by atoms with Gasteiger partial charge in [-0.25, -0.2) is 4.98 Å². The molecule has 1 amide bonds. The molecule has 5 nitrogen and oxygen atoms in total. The molecule has 0 aliphatic carbocycles. The maximum Gasteiger partial charge on any atom is 0.240 e. The molecule has 0 radical (unpaired) electrons. The van der Waals surface area contributed by atoms with Gasteiger partial charge in [-0.05, 0) is 26.0 Å². The summed E-state index contributed by atoms with van der Waals surface area (Å²) >= 11 is 5.89. The lowest BCUT2D eigenvalue weighted by Gasteiger charge is -2.11. The second kappa shape index (κ2) is 5.93. The maximum atomic E-state index is 11.9. The predicted molar refractivity (Wildman–Crippen MR) is 77.3 cm³/mol. The minimum Gasteiger partial charge on any atom is -0.352 e. The van der Waals surface area contributed by atoms with Crippen molar-refractivity contribution in [2.24, 2.45) is 0 Å². The molecule has 0 aliphatic heterocycles. The molecule has 0 spiro atoms. The van der Waals surface area contributed by atoms with Crippen LogP contribution in [0.25, 0.3) is 11.0 Å². The van der Waals surface area contributed by atoms with Gasteiger partial charge in [-0.3, -0.25) is 4.79 Å². The molecule has 0 unspecified atom stereocenters. The van der Waals surface area contributed by atoms with Gasteiger partial charge in [0, 0.05) is 6.04 Å². The van der Waals surface area contributed by atoms with Crippen molar-refractivity contribution in [3.8, 4) is 6.07 Å². The van der Waals surface area contributed by atoms with Crippen LogP contribution in [-0.4, -0.2) is 21.5 Å². The molecule has 6 heteroatoms.